The molecule has 8 heteroatoms. The highest BCUT2D eigenvalue weighted by molar-refractivity contribution is 5.93. The molecule has 132 valence electrons. The molecule has 0 aliphatic heterocycles. The van der Waals surface area contributed by atoms with Crippen LogP contribution < -0.4 is 10.9 Å². The number of aromatic nitrogens is 2. The lowest BCUT2D eigenvalue weighted by molar-refractivity contribution is -0.137. The Bertz CT molecular complexity index is 857. The van der Waals surface area contributed by atoms with E-state index >= 15 is 0 Å². The summed E-state index contributed by atoms with van der Waals surface area (Å²) in [7, 11) is 0. The number of fused-ring (bicyclic) bond motifs is 1. The van der Waals surface area contributed by atoms with Crippen molar-refractivity contribution in [3.63, 3.8) is 0 Å². The van der Waals surface area contributed by atoms with E-state index in [0.29, 0.717) is 0 Å². The first-order valence-electron chi connectivity index (χ1n) is 7.85. The summed E-state index contributed by atoms with van der Waals surface area (Å²) in [5.41, 5.74) is 0.787. The molecule has 1 N–H and O–H groups in total. The van der Waals surface area contributed by atoms with Gasteiger partial charge >= 0.3 is 6.18 Å². The number of aryl methyl sites for hydroxylation is 2. The Morgan fingerprint density at radius 3 is 2.56 bits per heavy atom. The van der Waals surface area contributed by atoms with Crippen LogP contribution in [0.2, 0.25) is 0 Å². The second-order valence-corrected chi connectivity index (χ2v) is 5.99. The van der Waals surface area contributed by atoms with Crippen LogP contribution in [-0.2, 0) is 23.8 Å². The topological polar surface area (TPSA) is 64.0 Å². The third-order valence-corrected chi connectivity index (χ3v) is 4.21. The Morgan fingerprint density at radius 1 is 1.24 bits per heavy atom. The molecule has 1 aromatic heterocycles. The molecule has 0 bridgehead atoms. The maximum absolute atomic E-state index is 12.6. The highest BCUT2D eigenvalue weighted by atomic mass is 19.4. The summed E-state index contributed by atoms with van der Waals surface area (Å²) < 4.78 is 38.8. The molecule has 1 aromatic carbocycles. The number of nitrogens with one attached hydrogen (secondary N) is 1. The first-order valence-corrected chi connectivity index (χ1v) is 7.85. The molecule has 2 aromatic rings. The van der Waals surface area contributed by atoms with Crippen LogP contribution in [0.15, 0.2) is 35.1 Å². The molecule has 1 unspecified atom stereocenters. The number of hydrogen-bond acceptors (Lipinski definition) is 3. The summed E-state index contributed by atoms with van der Waals surface area (Å²) in [6, 6.07) is 4.75. The van der Waals surface area contributed by atoms with Gasteiger partial charge in [0, 0.05) is 11.8 Å². The van der Waals surface area contributed by atoms with E-state index in [0.717, 1.165) is 47.3 Å². The van der Waals surface area contributed by atoms with Crippen LogP contribution in [0.5, 0.6) is 0 Å². The van der Waals surface area contributed by atoms with E-state index in [9.17, 15) is 22.8 Å². The van der Waals surface area contributed by atoms with Gasteiger partial charge in [-0.05, 0) is 56.0 Å². The molecule has 5 nitrogen and oxygen atoms in total. The molecular weight excluding hydrogens is 335 g/mol. The number of amides is 1. The smallest absolute Gasteiger partial charge is 0.324 e. The number of benzene rings is 1. The van der Waals surface area contributed by atoms with E-state index in [1.807, 2.05) is 0 Å². The summed E-state index contributed by atoms with van der Waals surface area (Å²) in [5.74, 6) is -0.521. The molecule has 25 heavy (non-hydrogen) atoms. The van der Waals surface area contributed by atoms with E-state index in [1.165, 1.54) is 25.1 Å². The fraction of sp³-hybridized carbons (Fsp3) is 0.353. The lowest BCUT2D eigenvalue weighted by Gasteiger charge is -2.15. The van der Waals surface area contributed by atoms with Crippen LogP contribution >= 0.6 is 0 Å². The Morgan fingerprint density at radius 2 is 1.92 bits per heavy atom. The molecule has 0 saturated carbocycles. The van der Waals surface area contributed by atoms with Gasteiger partial charge in [0.1, 0.15) is 6.04 Å². The van der Waals surface area contributed by atoms with E-state index < -0.39 is 23.7 Å². The number of alkyl halides is 3. The number of halogens is 3. The van der Waals surface area contributed by atoms with Crippen LogP contribution in [-0.4, -0.2) is 15.7 Å². The highest BCUT2D eigenvalue weighted by Gasteiger charge is 2.30. The van der Waals surface area contributed by atoms with Crippen LogP contribution in [0.4, 0.5) is 18.9 Å². The molecule has 0 spiro atoms. The quantitative estimate of drug-likeness (QED) is 0.925. The number of carbonyl (C=O) groups excluding carboxylic acids is 1. The van der Waals surface area contributed by atoms with Crippen molar-refractivity contribution in [1.82, 2.24) is 9.78 Å². The fourth-order valence-corrected chi connectivity index (χ4v) is 2.79. The second-order valence-electron chi connectivity index (χ2n) is 5.99. The zero-order valence-corrected chi connectivity index (χ0v) is 13.4. The van der Waals surface area contributed by atoms with Gasteiger partial charge in [0.2, 0.25) is 5.91 Å². The SMILES string of the molecule is CC(C(=O)Nc1ccc(C(F)(F)F)cc1)n1nc2c(cc1=O)CCC2. The number of anilines is 1. The van der Waals surface area contributed by atoms with Gasteiger partial charge in [-0.15, -0.1) is 0 Å². The van der Waals surface area contributed by atoms with E-state index in [4.69, 9.17) is 0 Å². The van der Waals surface area contributed by atoms with E-state index in [1.54, 1.807) is 0 Å². The average molecular weight is 351 g/mol. The predicted octanol–water partition coefficient (Wildman–Crippen LogP) is 2.95. The molecule has 0 radical (unpaired) electrons. The first-order chi connectivity index (χ1) is 11.8. The summed E-state index contributed by atoms with van der Waals surface area (Å²) in [5, 5.41) is 6.76. The van der Waals surface area contributed by atoms with Gasteiger partial charge in [-0.1, -0.05) is 0 Å². The fourth-order valence-electron chi connectivity index (χ4n) is 2.79. The molecule has 1 amide bonds. The Hall–Kier alpha value is -2.64. The van der Waals surface area contributed by atoms with Crippen molar-refractivity contribution in [3.8, 4) is 0 Å². The zero-order valence-electron chi connectivity index (χ0n) is 13.4. The number of nitrogens with zero attached hydrogens (tertiary/aromatic N) is 2. The normalized spacial score (nSPS) is 14.9. The molecule has 1 aliphatic carbocycles. The van der Waals surface area contributed by atoms with Gasteiger partial charge in [0.05, 0.1) is 11.3 Å². The number of hydrogen-bond donors (Lipinski definition) is 1. The van der Waals surface area contributed by atoms with Crippen LogP contribution in [0.25, 0.3) is 0 Å². The number of rotatable bonds is 3. The molecule has 1 atom stereocenters. The van der Waals surface area contributed by atoms with Gasteiger partial charge < -0.3 is 5.32 Å². The molecule has 3 rings (SSSR count). The summed E-state index contributed by atoms with van der Waals surface area (Å²) >= 11 is 0. The predicted molar refractivity (Wildman–Crippen MR) is 85.3 cm³/mol. The molecule has 0 fully saturated rings. The summed E-state index contributed by atoms with van der Waals surface area (Å²) in [4.78, 5) is 24.4. The molecule has 1 heterocycles. The first kappa shape index (κ1) is 17.2. The minimum atomic E-state index is -4.43. The molecular formula is C17H16F3N3O2. The maximum Gasteiger partial charge on any atom is 0.416 e. The van der Waals surface area contributed by atoms with Crippen molar-refractivity contribution in [2.24, 2.45) is 0 Å². The minimum Gasteiger partial charge on any atom is -0.324 e. The van der Waals surface area contributed by atoms with Crippen LogP contribution in [0.3, 0.4) is 0 Å². The highest BCUT2D eigenvalue weighted by Crippen LogP contribution is 2.30. The van der Waals surface area contributed by atoms with E-state index in [2.05, 4.69) is 10.4 Å². The van der Waals surface area contributed by atoms with Crippen molar-refractivity contribution in [3.05, 3.63) is 57.5 Å². The van der Waals surface area contributed by atoms with Crippen molar-refractivity contribution in [1.29, 1.82) is 0 Å². The van der Waals surface area contributed by atoms with Crippen LogP contribution in [0.1, 0.15) is 36.2 Å². The van der Waals surface area contributed by atoms with Gasteiger partial charge in [-0.2, -0.15) is 18.3 Å². The average Bonchev–Trinajstić information content (AvgIpc) is 3.00. The molecule has 0 saturated heterocycles. The van der Waals surface area contributed by atoms with Crippen LogP contribution in [0, 0.1) is 0 Å². The largest absolute Gasteiger partial charge is 0.416 e. The standard InChI is InChI=1S/C17H16F3N3O2/c1-10(23-15(24)9-11-3-2-4-14(11)22-23)16(25)21-13-7-5-12(6-8-13)17(18,19)20/h5-10H,2-4H2,1H3,(H,21,25). The van der Waals surface area contributed by atoms with Gasteiger partial charge in [-0.3, -0.25) is 9.59 Å². The summed E-state index contributed by atoms with van der Waals surface area (Å²) in [6.45, 7) is 1.52. The summed E-state index contributed by atoms with van der Waals surface area (Å²) in [6.07, 6.45) is -1.93. The Kier molecular flexibility index (Phi) is 4.36. The Balaban J connectivity index is 1.76. The maximum atomic E-state index is 12.6. The monoisotopic (exact) mass is 351 g/mol. The van der Waals surface area contributed by atoms with Crippen molar-refractivity contribution in [2.45, 2.75) is 38.4 Å². The lowest BCUT2D eigenvalue weighted by Crippen LogP contribution is -2.34. The van der Waals surface area contributed by atoms with Crippen molar-refractivity contribution < 1.29 is 18.0 Å². The van der Waals surface area contributed by atoms with Gasteiger partial charge in [0.25, 0.3) is 5.56 Å². The lowest BCUT2D eigenvalue weighted by atomic mass is 10.2. The third-order valence-electron chi connectivity index (χ3n) is 4.21. The number of carbonyl (C=O) groups is 1. The minimum absolute atomic E-state index is 0.221. The second kappa shape index (κ2) is 6.34. The Labute approximate surface area is 141 Å². The van der Waals surface area contributed by atoms with Gasteiger partial charge in [-0.25, -0.2) is 4.68 Å². The van der Waals surface area contributed by atoms with Crippen molar-refractivity contribution >= 4 is 11.6 Å². The van der Waals surface area contributed by atoms with Gasteiger partial charge in [0.15, 0.2) is 0 Å². The third kappa shape index (κ3) is 3.57. The molecule has 1 aliphatic rings. The van der Waals surface area contributed by atoms with E-state index in [-0.39, 0.29) is 11.2 Å². The van der Waals surface area contributed by atoms with Crippen molar-refractivity contribution in [2.75, 3.05) is 5.32 Å². The zero-order chi connectivity index (χ0) is 18.2.